The van der Waals surface area contributed by atoms with Crippen molar-refractivity contribution >= 4 is 27.5 Å². The number of benzene rings is 3. The largest absolute Gasteiger partial charge is 0.497 e. The maximum Gasteiger partial charge on any atom is 0.264 e. The quantitative estimate of drug-likeness (QED) is 0.318. The van der Waals surface area contributed by atoms with E-state index in [0.29, 0.717) is 12.2 Å². The predicted octanol–water partition coefficient (Wildman–Crippen LogP) is 4.54. The lowest BCUT2D eigenvalue weighted by Gasteiger charge is -2.34. The van der Waals surface area contributed by atoms with Gasteiger partial charge in [-0.25, -0.2) is 8.42 Å². The SMILES string of the molecule is CCC(C(=O)NC(C)C)N(Cc1ccccc1C)C(=O)CN(c1ccccc1OC)S(=O)(=O)c1ccc(OC)cc1. The van der Waals surface area contributed by atoms with Crippen molar-refractivity contribution in [3.8, 4) is 11.5 Å². The summed E-state index contributed by atoms with van der Waals surface area (Å²) in [5, 5.41) is 2.90. The Morgan fingerprint density at radius 3 is 2.12 bits per heavy atom. The normalized spacial score (nSPS) is 12.0. The summed E-state index contributed by atoms with van der Waals surface area (Å²) in [7, 11) is -1.31. The van der Waals surface area contributed by atoms with Gasteiger partial charge in [-0.05, 0) is 74.7 Å². The highest BCUT2D eigenvalue weighted by atomic mass is 32.2. The molecule has 0 saturated heterocycles. The molecule has 0 saturated carbocycles. The molecule has 0 aliphatic heterocycles. The first-order chi connectivity index (χ1) is 19.5. The molecule has 0 radical (unpaired) electrons. The molecule has 220 valence electrons. The van der Waals surface area contributed by atoms with Gasteiger partial charge in [0, 0.05) is 12.6 Å². The number of nitrogens with one attached hydrogen (secondary N) is 1. The van der Waals surface area contributed by atoms with E-state index in [0.717, 1.165) is 15.4 Å². The van der Waals surface area contributed by atoms with E-state index >= 15 is 0 Å². The van der Waals surface area contributed by atoms with Gasteiger partial charge in [-0.15, -0.1) is 0 Å². The summed E-state index contributed by atoms with van der Waals surface area (Å²) in [6, 6.07) is 19.2. The van der Waals surface area contributed by atoms with Gasteiger partial charge < -0.3 is 19.7 Å². The Morgan fingerprint density at radius 1 is 0.902 bits per heavy atom. The molecule has 3 aromatic rings. The van der Waals surface area contributed by atoms with Crippen LogP contribution in [0.5, 0.6) is 11.5 Å². The number of carbonyl (C=O) groups is 2. The lowest BCUT2D eigenvalue weighted by Crippen LogP contribution is -2.53. The Hall–Kier alpha value is -4.05. The number of para-hydroxylation sites is 2. The van der Waals surface area contributed by atoms with Gasteiger partial charge in [0.15, 0.2) is 0 Å². The zero-order valence-electron chi connectivity index (χ0n) is 24.5. The number of ether oxygens (including phenoxy) is 2. The number of carbonyl (C=O) groups excluding carboxylic acids is 2. The number of anilines is 1. The molecule has 0 bridgehead atoms. The van der Waals surface area contributed by atoms with Gasteiger partial charge in [-0.3, -0.25) is 13.9 Å². The molecule has 1 N–H and O–H groups in total. The first-order valence-corrected chi connectivity index (χ1v) is 14.9. The molecule has 0 fully saturated rings. The maximum atomic E-state index is 14.2. The van der Waals surface area contributed by atoms with E-state index in [1.54, 1.807) is 36.4 Å². The van der Waals surface area contributed by atoms with Gasteiger partial charge >= 0.3 is 0 Å². The second kappa shape index (κ2) is 14.0. The molecule has 0 heterocycles. The maximum absolute atomic E-state index is 14.2. The lowest BCUT2D eigenvalue weighted by atomic mass is 10.1. The fourth-order valence-electron chi connectivity index (χ4n) is 4.50. The van der Waals surface area contributed by atoms with Crippen molar-refractivity contribution in [2.75, 3.05) is 25.1 Å². The molecule has 0 spiro atoms. The van der Waals surface area contributed by atoms with E-state index in [-0.39, 0.29) is 34.8 Å². The van der Waals surface area contributed by atoms with Gasteiger partial charge in [-0.2, -0.15) is 0 Å². The second-order valence-electron chi connectivity index (χ2n) is 9.89. The Balaban J connectivity index is 2.11. The van der Waals surface area contributed by atoms with E-state index in [9.17, 15) is 18.0 Å². The minimum Gasteiger partial charge on any atom is -0.497 e. The third kappa shape index (κ3) is 7.58. The van der Waals surface area contributed by atoms with Crippen LogP contribution in [0.1, 0.15) is 38.3 Å². The van der Waals surface area contributed by atoms with Crippen LogP contribution in [0.25, 0.3) is 0 Å². The van der Waals surface area contributed by atoms with E-state index in [1.807, 2.05) is 52.0 Å². The standard InChI is InChI=1S/C31H39N3O6S/c1-7-27(31(36)32-22(2)3)33(20-24-13-9-8-12-23(24)4)30(35)21-34(28-14-10-11-15-29(28)40-6)41(37,38)26-18-16-25(39-5)17-19-26/h8-19,22,27H,7,20-21H2,1-6H3,(H,32,36). The van der Waals surface area contributed by atoms with E-state index in [1.165, 1.54) is 31.3 Å². The van der Waals surface area contributed by atoms with Crippen LogP contribution in [0.15, 0.2) is 77.7 Å². The van der Waals surface area contributed by atoms with Crippen LogP contribution >= 0.6 is 0 Å². The Bertz CT molecular complexity index is 1440. The monoisotopic (exact) mass is 581 g/mol. The van der Waals surface area contributed by atoms with Crippen LogP contribution in [0.3, 0.4) is 0 Å². The van der Waals surface area contributed by atoms with Crippen molar-refractivity contribution in [2.24, 2.45) is 0 Å². The second-order valence-corrected chi connectivity index (χ2v) is 11.8. The van der Waals surface area contributed by atoms with Crippen molar-refractivity contribution in [1.29, 1.82) is 0 Å². The minimum absolute atomic E-state index is 0.0212. The molecule has 0 aliphatic rings. The number of aryl methyl sites for hydroxylation is 1. The molecule has 3 rings (SSSR count). The van der Waals surface area contributed by atoms with Gasteiger partial charge in [0.05, 0.1) is 24.8 Å². The molecule has 0 aliphatic carbocycles. The number of hydrogen-bond acceptors (Lipinski definition) is 6. The fraction of sp³-hybridized carbons (Fsp3) is 0.355. The average molecular weight is 582 g/mol. The average Bonchev–Trinajstić information content (AvgIpc) is 2.96. The summed E-state index contributed by atoms with van der Waals surface area (Å²) < 4.78 is 39.8. The van der Waals surface area contributed by atoms with Crippen molar-refractivity contribution in [3.63, 3.8) is 0 Å². The molecule has 1 unspecified atom stereocenters. The lowest BCUT2D eigenvalue weighted by molar-refractivity contribution is -0.140. The molecule has 41 heavy (non-hydrogen) atoms. The Kier molecular flexibility index (Phi) is 10.8. The fourth-order valence-corrected chi connectivity index (χ4v) is 5.92. The van der Waals surface area contributed by atoms with Crippen molar-refractivity contribution < 1.29 is 27.5 Å². The number of amides is 2. The molecular formula is C31H39N3O6S. The van der Waals surface area contributed by atoms with Crippen molar-refractivity contribution in [3.05, 3.63) is 83.9 Å². The topological polar surface area (TPSA) is 105 Å². The number of hydrogen-bond donors (Lipinski definition) is 1. The van der Waals surface area contributed by atoms with Gasteiger partial charge in [0.25, 0.3) is 10.0 Å². The molecular weight excluding hydrogens is 542 g/mol. The highest BCUT2D eigenvalue weighted by Crippen LogP contribution is 2.33. The number of methoxy groups -OCH3 is 2. The summed E-state index contributed by atoms with van der Waals surface area (Å²) in [5.41, 5.74) is 2.02. The van der Waals surface area contributed by atoms with Crippen molar-refractivity contribution in [1.82, 2.24) is 10.2 Å². The molecule has 2 amide bonds. The van der Waals surface area contributed by atoms with Crippen LogP contribution in [0.2, 0.25) is 0 Å². The predicted molar refractivity (Wildman–Crippen MR) is 160 cm³/mol. The highest BCUT2D eigenvalue weighted by molar-refractivity contribution is 7.92. The minimum atomic E-state index is -4.24. The van der Waals surface area contributed by atoms with Gasteiger partial charge in [0.1, 0.15) is 24.1 Å². The summed E-state index contributed by atoms with van der Waals surface area (Å²) in [6.07, 6.45) is 0.343. The molecule has 1 atom stereocenters. The van der Waals surface area contributed by atoms with E-state index in [4.69, 9.17) is 9.47 Å². The van der Waals surface area contributed by atoms with Crippen LogP contribution in [-0.2, 0) is 26.2 Å². The molecule has 10 heteroatoms. The summed E-state index contributed by atoms with van der Waals surface area (Å²) in [5.74, 6) is -0.0454. The summed E-state index contributed by atoms with van der Waals surface area (Å²) in [4.78, 5) is 28.9. The Labute approximate surface area is 243 Å². The summed E-state index contributed by atoms with van der Waals surface area (Å²) in [6.45, 7) is 7.05. The number of sulfonamides is 1. The zero-order valence-corrected chi connectivity index (χ0v) is 25.3. The third-order valence-corrected chi connectivity index (χ3v) is 8.47. The summed E-state index contributed by atoms with van der Waals surface area (Å²) >= 11 is 0. The number of rotatable bonds is 13. The Morgan fingerprint density at radius 2 is 1.54 bits per heavy atom. The van der Waals surface area contributed by atoms with Crippen LogP contribution in [-0.4, -0.2) is 58.0 Å². The van der Waals surface area contributed by atoms with Crippen LogP contribution in [0, 0.1) is 6.92 Å². The first-order valence-electron chi connectivity index (χ1n) is 13.5. The molecule has 3 aromatic carbocycles. The van der Waals surface area contributed by atoms with Gasteiger partial charge in [0.2, 0.25) is 11.8 Å². The number of nitrogens with zero attached hydrogens (tertiary/aromatic N) is 2. The van der Waals surface area contributed by atoms with Crippen LogP contribution < -0.4 is 19.1 Å². The molecule has 0 aromatic heterocycles. The first kappa shape index (κ1) is 31.5. The smallest absolute Gasteiger partial charge is 0.264 e. The van der Waals surface area contributed by atoms with E-state index in [2.05, 4.69) is 5.32 Å². The van der Waals surface area contributed by atoms with Crippen LogP contribution in [0.4, 0.5) is 5.69 Å². The van der Waals surface area contributed by atoms with E-state index < -0.39 is 28.5 Å². The van der Waals surface area contributed by atoms with Gasteiger partial charge in [-0.1, -0.05) is 43.3 Å². The third-order valence-electron chi connectivity index (χ3n) is 6.70. The zero-order chi connectivity index (χ0) is 30.2. The van der Waals surface area contributed by atoms with Crippen molar-refractivity contribution in [2.45, 2.75) is 57.6 Å². The highest BCUT2D eigenvalue weighted by Gasteiger charge is 2.35. The molecule has 9 nitrogen and oxygen atoms in total.